The van der Waals surface area contributed by atoms with E-state index < -0.39 is 11.8 Å². The van der Waals surface area contributed by atoms with Gasteiger partial charge in [0.1, 0.15) is 11.7 Å². The highest BCUT2D eigenvalue weighted by atomic mass is 16.7. The molecule has 0 heterocycles. The number of unbranched alkanes of at least 4 members (excludes halogenated alkanes) is 10. The molecule has 154 valence electrons. The number of ether oxygens (including phenoxy) is 2. The van der Waals surface area contributed by atoms with Gasteiger partial charge in [-0.25, -0.2) is 4.79 Å². The molecule has 26 heavy (non-hydrogen) atoms. The first kappa shape index (κ1) is 25.0. The fourth-order valence-corrected chi connectivity index (χ4v) is 2.96. The number of hydrogen-bond donors (Lipinski definition) is 0. The summed E-state index contributed by atoms with van der Waals surface area (Å²) in [7, 11) is 0. The maximum Gasteiger partial charge on any atom is 0.509 e. The Labute approximate surface area is 162 Å². The van der Waals surface area contributed by atoms with Crippen LogP contribution in [0.5, 0.6) is 0 Å². The van der Waals surface area contributed by atoms with E-state index in [1.165, 1.54) is 64.2 Å². The summed E-state index contributed by atoms with van der Waals surface area (Å²) < 4.78 is 10.8. The van der Waals surface area contributed by atoms with E-state index in [-0.39, 0.29) is 6.10 Å². The van der Waals surface area contributed by atoms with Crippen molar-refractivity contribution in [2.24, 2.45) is 0 Å². The van der Waals surface area contributed by atoms with Gasteiger partial charge in [0.2, 0.25) is 0 Å². The van der Waals surface area contributed by atoms with Crippen LogP contribution < -0.4 is 0 Å². The van der Waals surface area contributed by atoms with Crippen LogP contribution in [0.1, 0.15) is 118 Å². The summed E-state index contributed by atoms with van der Waals surface area (Å²) in [4.78, 5) is 11.9. The van der Waals surface area contributed by atoms with E-state index in [9.17, 15) is 4.79 Å². The van der Waals surface area contributed by atoms with Crippen LogP contribution in [0.25, 0.3) is 0 Å². The summed E-state index contributed by atoms with van der Waals surface area (Å²) in [6.07, 6.45) is 19.8. The zero-order chi connectivity index (χ0) is 19.7. The molecule has 0 unspecified atom stereocenters. The summed E-state index contributed by atoms with van der Waals surface area (Å²) in [6, 6.07) is 0. The molecule has 0 bridgehead atoms. The van der Waals surface area contributed by atoms with Gasteiger partial charge in [-0.1, -0.05) is 83.3 Å². The fourth-order valence-electron chi connectivity index (χ4n) is 2.96. The molecule has 0 radical (unpaired) electrons. The summed E-state index contributed by atoms with van der Waals surface area (Å²) in [5, 5.41) is 0. The molecular formula is C23H44O3. The molecule has 0 rings (SSSR count). The van der Waals surface area contributed by atoms with Crippen molar-refractivity contribution in [3.63, 3.8) is 0 Å². The standard InChI is InChI=1S/C23H44O3/c1-6-8-10-11-12-13-14-15-16-17-18-20-21(19-9-7-2)25-22(24)26-23(3,4)5/h7,9,21H,6,8,10-20H2,1-5H3/b9-7+/t21-/m1/s1. The minimum Gasteiger partial charge on any atom is -0.431 e. The monoisotopic (exact) mass is 368 g/mol. The van der Waals surface area contributed by atoms with Crippen molar-refractivity contribution >= 4 is 6.16 Å². The lowest BCUT2D eigenvalue weighted by molar-refractivity contribution is -0.0280. The van der Waals surface area contributed by atoms with Crippen LogP contribution in [0.3, 0.4) is 0 Å². The third-order valence-electron chi connectivity index (χ3n) is 4.42. The van der Waals surface area contributed by atoms with E-state index in [0.29, 0.717) is 0 Å². The predicted octanol–water partition coefficient (Wildman–Crippen LogP) is 7.97. The first-order valence-corrected chi connectivity index (χ1v) is 10.9. The molecule has 0 aromatic rings. The average Bonchev–Trinajstić information content (AvgIpc) is 2.55. The second kappa shape index (κ2) is 16.2. The zero-order valence-corrected chi connectivity index (χ0v) is 18.1. The molecule has 0 aliphatic heterocycles. The molecule has 0 spiro atoms. The van der Waals surface area contributed by atoms with Gasteiger partial charge in [-0.05, 0) is 40.5 Å². The lowest BCUT2D eigenvalue weighted by Crippen LogP contribution is -2.27. The number of hydrogen-bond acceptors (Lipinski definition) is 3. The summed E-state index contributed by atoms with van der Waals surface area (Å²) in [5.41, 5.74) is -0.501. The van der Waals surface area contributed by atoms with E-state index in [0.717, 1.165) is 19.3 Å². The highest BCUT2D eigenvalue weighted by Crippen LogP contribution is 2.17. The van der Waals surface area contributed by atoms with Gasteiger partial charge >= 0.3 is 6.16 Å². The van der Waals surface area contributed by atoms with Crippen molar-refractivity contribution in [1.82, 2.24) is 0 Å². The van der Waals surface area contributed by atoms with Crippen LogP contribution >= 0.6 is 0 Å². The fraction of sp³-hybridized carbons (Fsp3) is 0.870. The Hall–Kier alpha value is -0.990. The van der Waals surface area contributed by atoms with Crippen LogP contribution in [0, 0.1) is 0 Å². The van der Waals surface area contributed by atoms with Gasteiger partial charge in [-0.2, -0.15) is 0 Å². The third kappa shape index (κ3) is 17.8. The molecule has 3 nitrogen and oxygen atoms in total. The summed E-state index contributed by atoms with van der Waals surface area (Å²) in [6.45, 7) is 9.84. The van der Waals surface area contributed by atoms with Crippen molar-refractivity contribution < 1.29 is 14.3 Å². The Morgan fingerprint density at radius 2 is 1.38 bits per heavy atom. The largest absolute Gasteiger partial charge is 0.509 e. The molecule has 0 aliphatic carbocycles. The van der Waals surface area contributed by atoms with E-state index in [4.69, 9.17) is 9.47 Å². The second-order valence-corrected chi connectivity index (χ2v) is 8.33. The molecule has 0 aliphatic rings. The minimum absolute atomic E-state index is 0.0698. The maximum absolute atomic E-state index is 11.9. The first-order valence-electron chi connectivity index (χ1n) is 10.9. The number of allylic oxidation sites excluding steroid dienone is 1. The van der Waals surface area contributed by atoms with E-state index in [1.54, 1.807) is 0 Å². The molecule has 0 saturated carbocycles. The lowest BCUT2D eigenvalue weighted by atomic mass is 10.0. The summed E-state index contributed by atoms with van der Waals surface area (Å²) in [5.74, 6) is 0. The molecule has 0 fully saturated rings. The van der Waals surface area contributed by atoms with Crippen LogP contribution in [0.15, 0.2) is 12.2 Å². The maximum atomic E-state index is 11.9. The average molecular weight is 369 g/mol. The van der Waals surface area contributed by atoms with Gasteiger partial charge in [0, 0.05) is 6.42 Å². The van der Waals surface area contributed by atoms with Crippen molar-refractivity contribution in [2.75, 3.05) is 0 Å². The Kier molecular flexibility index (Phi) is 15.6. The Balaban J connectivity index is 3.79. The topological polar surface area (TPSA) is 35.5 Å². The summed E-state index contributed by atoms with van der Waals surface area (Å²) >= 11 is 0. The normalized spacial score (nSPS) is 13.1. The quantitative estimate of drug-likeness (QED) is 0.167. The van der Waals surface area contributed by atoms with Gasteiger partial charge in [0.15, 0.2) is 0 Å². The molecule has 0 aromatic heterocycles. The minimum atomic E-state index is -0.546. The van der Waals surface area contributed by atoms with Crippen LogP contribution in [0.2, 0.25) is 0 Å². The molecule has 1 atom stereocenters. The van der Waals surface area contributed by atoms with Gasteiger partial charge in [-0.3, -0.25) is 0 Å². The molecule has 0 N–H and O–H groups in total. The Morgan fingerprint density at radius 3 is 1.85 bits per heavy atom. The highest BCUT2D eigenvalue weighted by Gasteiger charge is 2.20. The van der Waals surface area contributed by atoms with Crippen molar-refractivity contribution in [2.45, 2.75) is 130 Å². The zero-order valence-electron chi connectivity index (χ0n) is 18.1. The van der Waals surface area contributed by atoms with Crippen LogP contribution in [-0.4, -0.2) is 17.9 Å². The van der Waals surface area contributed by atoms with Crippen molar-refractivity contribution in [3.8, 4) is 0 Å². The Bertz CT molecular complexity index is 355. The van der Waals surface area contributed by atoms with Gasteiger partial charge in [0.05, 0.1) is 0 Å². The van der Waals surface area contributed by atoms with Gasteiger partial charge in [0.25, 0.3) is 0 Å². The van der Waals surface area contributed by atoms with E-state index in [1.807, 2.05) is 33.8 Å². The van der Waals surface area contributed by atoms with Crippen LogP contribution in [-0.2, 0) is 9.47 Å². The number of carbonyl (C=O) groups excluding carboxylic acids is 1. The molecule has 0 aromatic carbocycles. The lowest BCUT2D eigenvalue weighted by Gasteiger charge is -2.22. The van der Waals surface area contributed by atoms with E-state index in [2.05, 4.69) is 13.0 Å². The third-order valence-corrected chi connectivity index (χ3v) is 4.42. The SMILES string of the molecule is C/C=C/C[C@H](CCCCCCCCCCCCC)OC(=O)OC(C)(C)C. The molecule has 0 amide bonds. The van der Waals surface area contributed by atoms with Gasteiger partial charge < -0.3 is 9.47 Å². The van der Waals surface area contributed by atoms with Crippen molar-refractivity contribution in [3.05, 3.63) is 12.2 Å². The van der Waals surface area contributed by atoms with Crippen LogP contribution in [0.4, 0.5) is 4.79 Å². The van der Waals surface area contributed by atoms with E-state index >= 15 is 0 Å². The second-order valence-electron chi connectivity index (χ2n) is 8.33. The van der Waals surface area contributed by atoms with Gasteiger partial charge in [-0.15, -0.1) is 0 Å². The predicted molar refractivity (Wildman–Crippen MR) is 112 cm³/mol. The highest BCUT2D eigenvalue weighted by molar-refractivity contribution is 5.60. The number of carbonyl (C=O) groups is 1. The molecular weight excluding hydrogens is 324 g/mol. The number of rotatable bonds is 15. The smallest absolute Gasteiger partial charge is 0.431 e. The van der Waals surface area contributed by atoms with Crippen molar-refractivity contribution in [1.29, 1.82) is 0 Å². The molecule has 0 saturated heterocycles. The molecule has 3 heteroatoms. The first-order chi connectivity index (χ1) is 12.4. The Morgan fingerprint density at radius 1 is 0.885 bits per heavy atom.